The van der Waals surface area contributed by atoms with E-state index in [1.165, 1.54) is 12.1 Å². The maximum atomic E-state index is 10.5. The van der Waals surface area contributed by atoms with E-state index in [1.54, 1.807) is 12.1 Å². The van der Waals surface area contributed by atoms with Gasteiger partial charge in [-0.2, -0.15) is 8.42 Å². The third kappa shape index (κ3) is 6.12. The van der Waals surface area contributed by atoms with E-state index in [1.807, 2.05) is 6.92 Å². The molecule has 0 aliphatic carbocycles. The van der Waals surface area contributed by atoms with Crippen molar-refractivity contribution in [1.29, 1.82) is 0 Å². The monoisotopic (exact) mass is 247 g/mol. The molecule has 1 rings (SSSR count). The van der Waals surface area contributed by atoms with Gasteiger partial charge >= 0.3 is 0 Å². The molecule has 0 spiro atoms. The van der Waals surface area contributed by atoms with Crippen molar-refractivity contribution in [2.75, 3.05) is 6.61 Å². The average Bonchev–Trinajstić information content (AvgIpc) is 2.18. The average molecular weight is 247 g/mol. The molecule has 0 heterocycles. The zero-order chi connectivity index (χ0) is 12.8. The summed E-state index contributed by atoms with van der Waals surface area (Å²) < 4.78 is 29.6. The molecule has 0 unspecified atom stereocenters. The van der Waals surface area contributed by atoms with E-state index in [2.05, 4.69) is 5.73 Å². The first kappa shape index (κ1) is 14.6. The Bertz CT molecular complexity index is 437. The summed E-state index contributed by atoms with van der Waals surface area (Å²) in [6.07, 6.45) is 0. The summed E-state index contributed by atoms with van der Waals surface area (Å²) in [6.45, 7) is 1.29. The second-order valence-electron chi connectivity index (χ2n) is 2.91. The third-order valence-electron chi connectivity index (χ3n) is 1.47. The number of carbonyl (C=O) groups is 1. The third-order valence-corrected chi connectivity index (χ3v) is 2.34. The lowest BCUT2D eigenvalue weighted by molar-refractivity contribution is -0.120. The maximum Gasteiger partial charge on any atom is 0.294 e. The van der Waals surface area contributed by atoms with Crippen molar-refractivity contribution in [3.8, 4) is 0 Å². The first-order valence-electron chi connectivity index (χ1n) is 4.20. The highest BCUT2D eigenvalue weighted by molar-refractivity contribution is 7.85. The zero-order valence-corrected chi connectivity index (χ0v) is 9.44. The molecule has 4 N–H and O–H groups in total. The van der Waals surface area contributed by atoms with Crippen LogP contribution >= 0.6 is 0 Å². The maximum absolute atomic E-state index is 10.5. The topological polar surface area (TPSA) is 118 Å². The van der Waals surface area contributed by atoms with E-state index < -0.39 is 22.6 Å². The SMILES string of the molecule is Cc1ccc(S(=O)(=O)O)cc1.NC(=O)CO. The first-order chi connectivity index (χ1) is 7.27. The number of aryl methyl sites for hydroxylation is 1. The van der Waals surface area contributed by atoms with Gasteiger partial charge in [0.25, 0.3) is 10.1 Å². The van der Waals surface area contributed by atoms with Gasteiger partial charge in [-0.3, -0.25) is 9.35 Å². The van der Waals surface area contributed by atoms with Crippen molar-refractivity contribution in [1.82, 2.24) is 0 Å². The lowest BCUT2D eigenvalue weighted by atomic mass is 10.2. The number of aliphatic hydroxyl groups is 1. The largest absolute Gasteiger partial charge is 0.387 e. The molecular weight excluding hydrogens is 234 g/mol. The van der Waals surface area contributed by atoms with Crippen molar-refractivity contribution < 1.29 is 22.9 Å². The minimum absolute atomic E-state index is 0.0666. The molecule has 1 aromatic carbocycles. The van der Waals surface area contributed by atoms with Crippen molar-refractivity contribution >= 4 is 16.0 Å². The summed E-state index contributed by atoms with van der Waals surface area (Å²) >= 11 is 0. The molecule has 0 aromatic heterocycles. The minimum Gasteiger partial charge on any atom is -0.387 e. The molecule has 7 heteroatoms. The van der Waals surface area contributed by atoms with Crippen LogP contribution in [0.4, 0.5) is 0 Å². The summed E-state index contributed by atoms with van der Waals surface area (Å²) in [5, 5.41) is 7.67. The Kier molecular flexibility index (Phi) is 5.65. The van der Waals surface area contributed by atoms with Crippen molar-refractivity contribution in [3.63, 3.8) is 0 Å². The summed E-state index contributed by atoms with van der Waals surface area (Å²) in [4.78, 5) is 9.27. The lowest BCUT2D eigenvalue weighted by Crippen LogP contribution is -2.14. The standard InChI is InChI=1S/C7H8O3S.C2H5NO2/c1-6-2-4-7(5-3-6)11(8,9)10;3-2(5)1-4/h2-5H,1H3,(H,8,9,10);4H,1H2,(H2,3,5). The molecule has 16 heavy (non-hydrogen) atoms. The fourth-order valence-electron chi connectivity index (χ4n) is 0.710. The first-order valence-corrected chi connectivity index (χ1v) is 5.64. The molecule has 1 amide bonds. The summed E-state index contributed by atoms with van der Waals surface area (Å²) in [5.41, 5.74) is 5.36. The number of benzene rings is 1. The molecule has 90 valence electrons. The molecule has 0 aliphatic heterocycles. The Labute approximate surface area is 93.5 Å². The van der Waals surface area contributed by atoms with Crippen LogP contribution in [0.5, 0.6) is 0 Å². The van der Waals surface area contributed by atoms with Gasteiger partial charge in [0, 0.05) is 0 Å². The Hall–Kier alpha value is -1.44. The molecule has 6 nitrogen and oxygen atoms in total. The highest BCUT2D eigenvalue weighted by atomic mass is 32.2. The van der Waals surface area contributed by atoms with E-state index in [4.69, 9.17) is 9.66 Å². The van der Waals surface area contributed by atoms with E-state index in [9.17, 15) is 13.2 Å². The van der Waals surface area contributed by atoms with Crippen LogP contribution in [0.15, 0.2) is 29.2 Å². The Balaban J connectivity index is 0.000000385. The number of hydrogen-bond acceptors (Lipinski definition) is 4. The van der Waals surface area contributed by atoms with Gasteiger partial charge in [-0.15, -0.1) is 0 Å². The van der Waals surface area contributed by atoms with E-state index in [-0.39, 0.29) is 4.90 Å². The Morgan fingerprint density at radius 3 is 1.94 bits per heavy atom. The number of primary amides is 1. The van der Waals surface area contributed by atoms with Gasteiger partial charge in [0.05, 0.1) is 4.90 Å². The summed E-state index contributed by atoms with van der Waals surface area (Å²) in [5.74, 6) is -0.690. The fraction of sp³-hybridized carbons (Fsp3) is 0.222. The number of hydrogen-bond donors (Lipinski definition) is 3. The van der Waals surface area contributed by atoms with Crippen LogP contribution in [-0.2, 0) is 14.9 Å². The van der Waals surface area contributed by atoms with Crippen molar-refractivity contribution in [3.05, 3.63) is 29.8 Å². The van der Waals surface area contributed by atoms with Gasteiger partial charge < -0.3 is 10.8 Å². The van der Waals surface area contributed by atoms with Gasteiger partial charge in [-0.1, -0.05) is 17.7 Å². The van der Waals surface area contributed by atoms with Crippen LogP contribution in [0.25, 0.3) is 0 Å². The number of carbonyl (C=O) groups excluding carboxylic acids is 1. The van der Waals surface area contributed by atoms with Crippen LogP contribution < -0.4 is 5.73 Å². The highest BCUT2D eigenvalue weighted by Gasteiger charge is 2.06. The Morgan fingerprint density at radius 2 is 1.69 bits per heavy atom. The molecular formula is C9H13NO5S. The molecule has 0 saturated heterocycles. The second-order valence-corrected chi connectivity index (χ2v) is 4.33. The smallest absolute Gasteiger partial charge is 0.294 e. The van der Waals surface area contributed by atoms with Crippen molar-refractivity contribution in [2.45, 2.75) is 11.8 Å². The highest BCUT2D eigenvalue weighted by Crippen LogP contribution is 2.08. The van der Waals surface area contributed by atoms with Crippen LogP contribution in [0, 0.1) is 6.92 Å². The predicted molar refractivity (Wildman–Crippen MR) is 57.3 cm³/mol. The molecule has 0 fully saturated rings. The predicted octanol–water partition coefficient (Wildman–Crippen LogP) is -0.294. The van der Waals surface area contributed by atoms with E-state index >= 15 is 0 Å². The summed E-state index contributed by atoms with van der Waals surface area (Å²) in [6, 6.07) is 5.99. The minimum atomic E-state index is -4.02. The number of nitrogens with two attached hydrogens (primary N) is 1. The summed E-state index contributed by atoms with van der Waals surface area (Å²) in [7, 11) is -4.02. The Morgan fingerprint density at radius 1 is 1.31 bits per heavy atom. The second kappa shape index (κ2) is 6.21. The van der Waals surface area contributed by atoms with Gasteiger partial charge in [0.15, 0.2) is 0 Å². The van der Waals surface area contributed by atoms with Crippen LogP contribution in [0.2, 0.25) is 0 Å². The normalized spacial score (nSPS) is 10.2. The van der Waals surface area contributed by atoms with Gasteiger partial charge in [0.2, 0.25) is 5.91 Å². The molecule has 0 aliphatic rings. The molecule has 1 aromatic rings. The zero-order valence-electron chi connectivity index (χ0n) is 8.62. The van der Waals surface area contributed by atoms with E-state index in [0.717, 1.165) is 5.56 Å². The van der Waals surface area contributed by atoms with Crippen LogP contribution in [0.3, 0.4) is 0 Å². The molecule has 0 atom stereocenters. The lowest BCUT2D eigenvalue weighted by Gasteiger charge is -1.95. The van der Waals surface area contributed by atoms with Gasteiger partial charge in [-0.05, 0) is 19.1 Å². The number of aliphatic hydroxyl groups excluding tert-OH is 1. The van der Waals surface area contributed by atoms with Crippen LogP contribution in [-0.4, -0.2) is 30.6 Å². The van der Waals surface area contributed by atoms with Gasteiger partial charge in [-0.25, -0.2) is 0 Å². The van der Waals surface area contributed by atoms with E-state index in [0.29, 0.717) is 0 Å². The van der Waals surface area contributed by atoms with Crippen LogP contribution in [0.1, 0.15) is 5.56 Å². The molecule has 0 saturated carbocycles. The molecule has 0 radical (unpaired) electrons. The van der Waals surface area contributed by atoms with Gasteiger partial charge in [0.1, 0.15) is 6.61 Å². The number of amides is 1. The fourth-order valence-corrected chi connectivity index (χ4v) is 1.19. The molecule has 0 bridgehead atoms. The van der Waals surface area contributed by atoms with Crippen molar-refractivity contribution in [2.24, 2.45) is 5.73 Å². The quantitative estimate of drug-likeness (QED) is 0.620. The number of rotatable bonds is 2.